The average molecular weight is 281 g/mol. The van der Waals surface area contributed by atoms with Crippen LogP contribution in [0, 0.1) is 0 Å². The zero-order valence-corrected chi connectivity index (χ0v) is 11.0. The van der Waals surface area contributed by atoms with E-state index in [0.29, 0.717) is 0 Å². The van der Waals surface area contributed by atoms with Crippen LogP contribution in [0.4, 0.5) is 0 Å². The van der Waals surface area contributed by atoms with Crippen LogP contribution in [0.3, 0.4) is 0 Å². The predicted octanol–water partition coefficient (Wildman–Crippen LogP) is -3.48. The first-order valence-electron chi connectivity index (χ1n) is 4.91. The summed E-state index contributed by atoms with van der Waals surface area (Å²) in [6, 6.07) is 0. The topological polar surface area (TPSA) is 40.9 Å². The molecule has 0 radical (unpaired) electrons. The molecule has 1 fully saturated rings. The van der Waals surface area contributed by atoms with Crippen molar-refractivity contribution >= 4 is 16.9 Å². The second kappa shape index (κ2) is 4.83. The number of nitrogens with zero attached hydrogens (tertiary/aromatic N) is 1. The number of thioether (sulfide) groups is 1. The van der Waals surface area contributed by atoms with E-state index in [1.807, 2.05) is 11.8 Å². The van der Waals surface area contributed by atoms with Crippen LogP contribution in [-0.4, -0.2) is 23.1 Å². The van der Waals surface area contributed by atoms with Gasteiger partial charge in [0, 0.05) is 0 Å². The van der Waals surface area contributed by atoms with E-state index in [4.69, 9.17) is 0 Å². The lowest BCUT2D eigenvalue weighted by Crippen LogP contribution is -3.22. The summed E-state index contributed by atoms with van der Waals surface area (Å²) in [7, 11) is 0. The van der Waals surface area contributed by atoms with Gasteiger partial charge in [-0.2, -0.15) is 5.01 Å². The second-order valence-electron chi connectivity index (χ2n) is 3.52. The maximum Gasteiger partial charge on any atom is 0.298 e. The lowest BCUT2D eigenvalue weighted by molar-refractivity contribution is -0.858. The van der Waals surface area contributed by atoms with Gasteiger partial charge >= 0.3 is 0 Å². The minimum Gasteiger partial charge on any atom is -1.00 e. The normalized spacial score (nSPS) is 28.4. The summed E-state index contributed by atoms with van der Waals surface area (Å²) < 4.78 is 0. The quantitative estimate of drug-likeness (QED) is 0.492. The summed E-state index contributed by atoms with van der Waals surface area (Å²) in [6.45, 7) is 5.52. The Bertz CT molecular complexity index is 229. The summed E-state index contributed by atoms with van der Waals surface area (Å²) in [5.74, 6) is 1.17. The van der Waals surface area contributed by atoms with Crippen molar-refractivity contribution in [2.24, 2.45) is 5.10 Å². The molecule has 0 aromatic heterocycles. The number of hydrazone groups is 1. The molecular formula is C8H17BrN4S. The first kappa shape index (κ1) is 12.3. The number of rotatable bonds is 2. The van der Waals surface area contributed by atoms with Gasteiger partial charge < -0.3 is 17.0 Å². The molecule has 1 atom stereocenters. The highest BCUT2D eigenvalue weighted by Crippen LogP contribution is 2.14. The number of amidine groups is 1. The molecule has 0 bridgehead atoms. The van der Waals surface area contributed by atoms with Crippen molar-refractivity contribution in [2.75, 3.05) is 12.3 Å². The van der Waals surface area contributed by atoms with Gasteiger partial charge in [0.05, 0.1) is 5.75 Å². The molecule has 2 heterocycles. The lowest BCUT2D eigenvalue weighted by Gasteiger charge is -2.36. The van der Waals surface area contributed by atoms with Crippen molar-refractivity contribution in [3.05, 3.63) is 0 Å². The fourth-order valence-corrected chi connectivity index (χ4v) is 2.66. The third-order valence-electron chi connectivity index (χ3n) is 2.82. The smallest absolute Gasteiger partial charge is 0.298 e. The van der Waals surface area contributed by atoms with Crippen molar-refractivity contribution in [1.82, 2.24) is 10.9 Å². The zero-order chi connectivity index (χ0) is 9.31. The number of fused-ring (bicyclic) bond motifs is 1. The molecule has 2 aliphatic heterocycles. The Morgan fingerprint density at radius 3 is 2.86 bits per heavy atom. The Balaban J connectivity index is 0.000000980. The second-order valence-corrected chi connectivity index (χ2v) is 4.60. The van der Waals surface area contributed by atoms with Gasteiger partial charge in [-0.25, -0.2) is 0 Å². The van der Waals surface area contributed by atoms with E-state index in [1.54, 1.807) is 0 Å². The van der Waals surface area contributed by atoms with Gasteiger partial charge in [-0.15, -0.1) is 10.5 Å². The molecule has 0 amide bonds. The van der Waals surface area contributed by atoms with Crippen LogP contribution in [0.1, 0.15) is 26.7 Å². The Morgan fingerprint density at radius 1 is 1.50 bits per heavy atom. The summed E-state index contributed by atoms with van der Waals surface area (Å²) >= 11 is 1.84. The third-order valence-corrected chi connectivity index (χ3v) is 3.84. The molecule has 14 heavy (non-hydrogen) atoms. The largest absolute Gasteiger partial charge is 1.00 e. The third kappa shape index (κ3) is 2.08. The number of quaternary nitrogens is 1. The highest BCUT2D eigenvalue weighted by molar-refractivity contribution is 8.13. The van der Waals surface area contributed by atoms with E-state index in [9.17, 15) is 0 Å². The van der Waals surface area contributed by atoms with Crippen LogP contribution in [-0.2, 0) is 0 Å². The number of nitrogens with one attached hydrogen (secondary N) is 3. The predicted molar refractivity (Wildman–Crippen MR) is 55.3 cm³/mol. The van der Waals surface area contributed by atoms with Gasteiger partial charge in [0.1, 0.15) is 12.2 Å². The summed E-state index contributed by atoms with van der Waals surface area (Å²) in [6.07, 6.45) is 2.13. The molecule has 0 saturated carbocycles. The van der Waals surface area contributed by atoms with Gasteiger partial charge in [0.15, 0.2) is 0 Å². The van der Waals surface area contributed by atoms with Crippen molar-refractivity contribution in [3.63, 3.8) is 0 Å². The van der Waals surface area contributed by atoms with E-state index in [0.717, 1.165) is 24.6 Å². The van der Waals surface area contributed by atoms with Gasteiger partial charge in [-0.05, 0) is 24.6 Å². The van der Waals surface area contributed by atoms with E-state index >= 15 is 0 Å². The fraction of sp³-hybridized carbons (Fsp3) is 0.875. The molecule has 0 aliphatic carbocycles. The summed E-state index contributed by atoms with van der Waals surface area (Å²) in [4.78, 5) is 0. The standard InChI is InChI=1S/C8H16N4S.BrH/c1-3-8(4-2)10-9-7-12(11-8)5-6-13-7;/h10-11H,3-6H2,1-2H3;1H. The SMILES string of the molecule is CCC1(CC)NN=C2SCC[NH+]2N1.[Br-]. The highest BCUT2D eigenvalue weighted by atomic mass is 79.9. The number of hydrogen-bond donors (Lipinski definition) is 3. The molecule has 1 saturated heterocycles. The number of hydrogen-bond acceptors (Lipinski definition) is 4. The molecule has 2 aliphatic rings. The molecule has 6 heteroatoms. The maximum atomic E-state index is 4.42. The summed E-state index contributed by atoms with van der Waals surface area (Å²) in [5.41, 5.74) is 6.84. The fourth-order valence-electron chi connectivity index (χ4n) is 1.72. The van der Waals surface area contributed by atoms with Crippen molar-refractivity contribution in [2.45, 2.75) is 32.4 Å². The molecule has 2 rings (SSSR count). The van der Waals surface area contributed by atoms with Crippen molar-refractivity contribution in [3.8, 4) is 0 Å². The van der Waals surface area contributed by atoms with Gasteiger partial charge in [-0.3, -0.25) is 5.43 Å². The minimum absolute atomic E-state index is 0. The van der Waals surface area contributed by atoms with E-state index in [2.05, 4.69) is 29.8 Å². The molecule has 0 aromatic carbocycles. The van der Waals surface area contributed by atoms with Crippen LogP contribution in [0.2, 0.25) is 0 Å². The van der Waals surface area contributed by atoms with Crippen molar-refractivity contribution in [1.29, 1.82) is 0 Å². The van der Waals surface area contributed by atoms with E-state index in [-0.39, 0.29) is 22.6 Å². The highest BCUT2D eigenvalue weighted by Gasteiger charge is 2.39. The molecule has 3 N–H and O–H groups in total. The van der Waals surface area contributed by atoms with Crippen LogP contribution in [0.25, 0.3) is 0 Å². The maximum absolute atomic E-state index is 4.42. The minimum atomic E-state index is 0. The van der Waals surface area contributed by atoms with Crippen LogP contribution in [0.15, 0.2) is 5.10 Å². The van der Waals surface area contributed by atoms with Crippen LogP contribution < -0.4 is 32.8 Å². The Labute approximate surface area is 99.6 Å². The van der Waals surface area contributed by atoms with Gasteiger partial charge in [0.2, 0.25) is 0 Å². The summed E-state index contributed by atoms with van der Waals surface area (Å²) in [5, 5.41) is 6.92. The molecule has 4 nitrogen and oxygen atoms in total. The average Bonchev–Trinajstić information content (AvgIpc) is 2.64. The van der Waals surface area contributed by atoms with Gasteiger partial charge in [0.25, 0.3) is 5.17 Å². The van der Waals surface area contributed by atoms with Crippen LogP contribution >= 0.6 is 11.8 Å². The molecule has 82 valence electrons. The molecule has 0 aromatic rings. The molecule has 1 unspecified atom stereocenters. The van der Waals surface area contributed by atoms with Gasteiger partial charge in [-0.1, -0.05) is 13.8 Å². The Kier molecular flexibility index (Phi) is 4.24. The lowest BCUT2D eigenvalue weighted by atomic mass is 10.1. The Morgan fingerprint density at radius 2 is 2.21 bits per heavy atom. The molecule has 0 spiro atoms. The molecular weight excluding hydrogens is 264 g/mol. The first-order valence-corrected chi connectivity index (χ1v) is 5.90. The van der Waals surface area contributed by atoms with Crippen molar-refractivity contribution < 1.29 is 22.0 Å². The van der Waals surface area contributed by atoms with Crippen LogP contribution in [0.5, 0.6) is 0 Å². The monoisotopic (exact) mass is 280 g/mol. The first-order chi connectivity index (χ1) is 6.29. The number of halogens is 1. The Hall–Kier alpha value is 0.220. The van der Waals surface area contributed by atoms with E-state index < -0.39 is 0 Å². The zero-order valence-electron chi connectivity index (χ0n) is 8.56. The van der Waals surface area contributed by atoms with E-state index in [1.165, 1.54) is 10.8 Å².